The van der Waals surface area contributed by atoms with Gasteiger partial charge in [0, 0.05) is 5.57 Å². The fraction of sp³-hybridized carbons (Fsp3) is 0.500. The van der Waals surface area contributed by atoms with Crippen LogP contribution >= 0.6 is 0 Å². The molecule has 0 saturated heterocycles. The van der Waals surface area contributed by atoms with Crippen LogP contribution in [0.2, 0.25) is 0 Å². The van der Waals surface area contributed by atoms with Crippen LogP contribution in [0.1, 0.15) is 20.8 Å². The fourth-order valence-corrected chi connectivity index (χ4v) is 0.502. The molecule has 0 aliphatic heterocycles. The van der Waals surface area contributed by atoms with Gasteiger partial charge in [-0.25, -0.2) is 4.79 Å². The lowest BCUT2D eigenvalue weighted by Gasteiger charge is -2.17. The molecule has 0 radical (unpaired) electrons. The third kappa shape index (κ3) is 4.48. The van der Waals surface area contributed by atoms with Gasteiger partial charge in [-0.2, -0.15) is 0 Å². The Balaban J connectivity index is 4.04. The summed E-state index contributed by atoms with van der Waals surface area (Å²) in [7, 11) is 0. The van der Waals surface area contributed by atoms with Crippen LogP contribution in [0.25, 0.3) is 0 Å². The summed E-state index contributed by atoms with van der Waals surface area (Å²) in [6, 6.07) is 0. The average Bonchev–Trinajstić information content (AvgIpc) is 2.13. The third-order valence-electron chi connectivity index (χ3n) is 1.69. The second-order valence-electron chi connectivity index (χ2n) is 3.11. The van der Waals surface area contributed by atoms with Gasteiger partial charge in [-0.3, -0.25) is 0 Å². The maximum Gasteiger partial charge on any atom is 0.333 e. The number of hydrogen-bond acceptors (Lipinski definition) is 3. The zero-order valence-corrected chi connectivity index (χ0v) is 8.33. The fourth-order valence-electron chi connectivity index (χ4n) is 0.502. The highest BCUT2D eigenvalue weighted by Crippen LogP contribution is 2.06. The molecule has 0 aromatic rings. The van der Waals surface area contributed by atoms with Crippen molar-refractivity contribution in [1.29, 1.82) is 0 Å². The van der Waals surface area contributed by atoms with E-state index >= 15 is 0 Å². The first-order valence-electron chi connectivity index (χ1n) is 4.09. The van der Waals surface area contributed by atoms with Crippen molar-refractivity contribution in [2.45, 2.75) is 26.4 Å². The molecule has 0 aromatic carbocycles. The van der Waals surface area contributed by atoms with Crippen molar-refractivity contribution in [3.8, 4) is 0 Å². The van der Waals surface area contributed by atoms with Crippen LogP contribution in [-0.4, -0.2) is 23.3 Å². The van der Waals surface area contributed by atoms with Gasteiger partial charge in [0.05, 0.1) is 0 Å². The lowest BCUT2D eigenvalue weighted by Crippen LogP contribution is -2.29. The molecule has 0 aromatic heterocycles. The Labute approximate surface area is 78.7 Å². The summed E-state index contributed by atoms with van der Waals surface area (Å²) < 4.78 is 4.82. The first kappa shape index (κ1) is 11.9. The van der Waals surface area contributed by atoms with Crippen LogP contribution in [0, 0.1) is 0 Å². The van der Waals surface area contributed by atoms with E-state index in [0.717, 1.165) is 0 Å². The quantitative estimate of drug-likeness (QED) is 0.408. The van der Waals surface area contributed by atoms with E-state index in [2.05, 4.69) is 6.58 Å². The molecule has 0 heterocycles. The number of hydrogen-bond donors (Lipinski definition) is 1. The highest BCUT2D eigenvalue weighted by Gasteiger charge is 2.18. The van der Waals surface area contributed by atoms with E-state index in [1.165, 1.54) is 13.0 Å². The molecule has 0 amide bonds. The number of carbonyl (C=O) groups is 1. The molecule has 74 valence electrons. The molecular weight excluding hydrogens is 168 g/mol. The first-order chi connectivity index (χ1) is 5.93. The average molecular weight is 184 g/mol. The molecular formula is C10H16O3. The van der Waals surface area contributed by atoms with Crippen LogP contribution in [0.5, 0.6) is 0 Å². The zero-order chi connectivity index (χ0) is 10.5. The minimum absolute atomic E-state index is 0.0689. The zero-order valence-electron chi connectivity index (χ0n) is 8.33. The van der Waals surface area contributed by atoms with Crippen LogP contribution < -0.4 is 0 Å². The minimum Gasteiger partial charge on any atom is -0.459 e. The van der Waals surface area contributed by atoms with Gasteiger partial charge in [0.15, 0.2) is 0 Å². The van der Waals surface area contributed by atoms with Crippen molar-refractivity contribution in [3.63, 3.8) is 0 Å². The minimum atomic E-state index is -1.15. The van der Waals surface area contributed by atoms with E-state index in [0.29, 0.717) is 5.57 Å². The molecule has 0 rings (SSSR count). The van der Waals surface area contributed by atoms with Crippen LogP contribution in [0.15, 0.2) is 24.3 Å². The van der Waals surface area contributed by atoms with E-state index in [-0.39, 0.29) is 6.61 Å². The molecule has 13 heavy (non-hydrogen) atoms. The lowest BCUT2D eigenvalue weighted by atomic mass is 10.1. The number of aliphatic hydroxyl groups is 1. The highest BCUT2D eigenvalue weighted by atomic mass is 16.5. The number of esters is 1. The Kier molecular flexibility index (Phi) is 4.42. The highest BCUT2D eigenvalue weighted by molar-refractivity contribution is 5.87. The Morgan fingerprint density at radius 3 is 2.62 bits per heavy atom. The van der Waals surface area contributed by atoms with Gasteiger partial charge >= 0.3 is 5.97 Å². The Hall–Kier alpha value is -1.09. The number of carbonyl (C=O) groups excluding carboxylic acids is 1. The maximum atomic E-state index is 11.1. The second kappa shape index (κ2) is 4.82. The first-order valence-corrected chi connectivity index (χ1v) is 4.09. The van der Waals surface area contributed by atoms with E-state index in [1.807, 2.05) is 0 Å². The molecule has 0 aliphatic carbocycles. The standard InChI is InChI=1S/C10H16O3/c1-5-8(3)9(11)13-7-10(4,12)6-2/h5-6,12H,2,7H2,1,3-4H3. The number of rotatable bonds is 4. The van der Waals surface area contributed by atoms with E-state index in [9.17, 15) is 9.90 Å². The monoisotopic (exact) mass is 184 g/mol. The summed E-state index contributed by atoms with van der Waals surface area (Å²) in [4.78, 5) is 11.1. The molecule has 0 bridgehead atoms. The Bertz CT molecular complexity index is 226. The Morgan fingerprint density at radius 1 is 1.69 bits per heavy atom. The third-order valence-corrected chi connectivity index (χ3v) is 1.69. The van der Waals surface area contributed by atoms with Gasteiger partial charge in [-0.05, 0) is 20.8 Å². The van der Waals surface area contributed by atoms with Gasteiger partial charge in [-0.15, -0.1) is 6.58 Å². The topological polar surface area (TPSA) is 46.5 Å². The SMILES string of the molecule is C=CC(C)(O)COC(=O)C(C)=CC. The normalized spacial score (nSPS) is 16.2. The predicted molar refractivity (Wildman–Crippen MR) is 51.2 cm³/mol. The second-order valence-corrected chi connectivity index (χ2v) is 3.11. The summed E-state index contributed by atoms with van der Waals surface area (Å²) >= 11 is 0. The summed E-state index contributed by atoms with van der Waals surface area (Å²) in [6.45, 7) is 8.29. The molecule has 3 heteroatoms. The molecule has 0 spiro atoms. The smallest absolute Gasteiger partial charge is 0.333 e. The van der Waals surface area contributed by atoms with Gasteiger partial charge < -0.3 is 9.84 Å². The van der Waals surface area contributed by atoms with Crippen molar-refractivity contribution in [2.24, 2.45) is 0 Å². The molecule has 1 atom stereocenters. The van der Waals surface area contributed by atoms with Gasteiger partial charge in [0.25, 0.3) is 0 Å². The van der Waals surface area contributed by atoms with E-state index in [1.54, 1.807) is 19.9 Å². The summed E-state index contributed by atoms with van der Waals surface area (Å²) in [5.41, 5.74) is -0.621. The van der Waals surface area contributed by atoms with E-state index in [4.69, 9.17) is 4.74 Å². The molecule has 0 aliphatic rings. The van der Waals surface area contributed by atoms with Crippen molar-refractivity contribution in [3.05, 3.63) is 24.3 Å². The van der Waals surface area contributed by atoms with E-state index < -0.39 is 11.6 Å². The van der Waals surface area contributed by atoms with Crippen LogP contribution in [0.4, 0.5) is 0 Å². The lowest BCUT2D eigenvalue weighted by molar-refractivity contribution is -0.143. The number of allylic oxidation sites excluding steroid dienone is 1. The van der Waals surface area contributed by atoms with Crippen molar-refractivity contribution in [1.82, 2.24) is 0 Å². The summed E-state index contributed by atoms with van der Waals surface area (Å²) in [6.07, 6.45) is 3.00. The predicted octanol–water partition coefficient (Wildman–Crippen LogP) is 1.43. The molecule has 0 saturated carbocycles. The van der Waals surface area contributed by atoms with Crippen molar-refractivity contribution >= 4 is 5.97 Å². The molecule has 1 N–H and O–H groups in total. The van der Waals surface area contributed by atoms with Crippen LogP contribution in [-0.2, 0) is 9.53 Å². The van der Waals surface area contributed by atoms with Crippen molar-refractivity contribution < 1.29 is 14.6 Å². The van der Waals surface area contributed by atoms with Gasteiger partial charge in [-0.1, -0.05) is 12.2 Å². The molecule has 1 unspecified atom stereocenters. The Morgan fingerprint density at radius 2 is 2.23 bits per heavy atom. The largest absolute Gasteiger partial charge is 0.459 e. The molecule has 3 nitrogen and oxygen atoms in total. The van der Waals surface area contributed by atoms with Crippen molar-refractivity contribution in [2.75, 3.05) is 6.61 Å². The summed E-state index contributed by atoms with van der Waals surface area (Å²) in [5.74, 6) is -0.412. The summed E-state index contributed by atoms with van der Waals surface area (Å²) in [5, 5.41) is 9.41. The molecule has 0 fully saturated rings. The van der Waals surface area contributed by atoms with Gasteiger partial charge in [0.1, 0.15) is 12.2 Å². The van der Waals surface area contributed by atoms with Gasteiger partial charge in [0.2, 0.25) is 0 Å². The maximum absolute atomic E-state index is 11.1. The number of ether oxygens (including phenoxy) is 1. The van der Waals surface area contributed by atoms with Crippen LogP contribution in [0.3, 0.4) is 0 Å².